The summed E-state index contributed by atoms with van der Waals surface area (Å²) in [5, 5.41) is 3.83. The number of aryl methyl sites for hydroxylation is 12. The highest BCUT2D eigenvalue weighted by Gasteiger charge is 2.25. The highest BCUT2D eigenvalue weighted by atomic mass is 15.1. The van der Waals surface area contributed by atoms with Gasteiger partial charge in [-0.2, -0.15) is 0 Å². The number of likely N-dealkylation sites (N-methyl/N-ethyl adjacent to an activating group) is 3. The van der Waals surface area contributed by atoms with Gasteiger partial charge in [0.15, 0.2) is 0 Å². The molecule has 3 aliphatic heterocycles. The molecule has 0 bridgehead atoms. The van der Waals surface area contributed by atoms with E-state index in [9.17, 15) is 0 Å². The van der Waals surface area contributed by atoms with Gasteiger partial charge >= 0.3 is 0 Å². The molecule has 0 saturated carbocycles. The minimum absolute atomic E-state index is 0. The third-order valence-electron chi connectivity index (χ3n) is 14.9. The van der Waals surface area contributed by atoms with Gasteiger partial charge in [0.1, 0.15) is 0 Å². The summed E-state index contributed by atoms with van der Waals surface area (Å²) < 4.78 is 64.1. The quantitative estimate of drug-likeness (QED) is 0.144. The number of benzene rings is 3. The van der Waals surface area contributed by atoms with Crippen LogP contribution in [0.2, 0.25) is 0 Å². The first-order chi connectivity index (χ1) is 37.5. The lowest BCUT2D eigenvalue weighted by Gasteiger charge is -2.24. The molecule has 0 saturated heterocycles. The number of hydrogen-bond acceptors (Lipinski definition) is 6. The van der Waals surface area contributed by atoms with Gasteiger partial charge in [-0.3, -0.25) is 15.0 Å². The van der Waals surface area contributed by atoms with Gasteiger partial charge in [0, 0.05) is 170 Å². The van der Waals surface area contributed by atoms with Crippen LogP contribution in [0.5, 0.6) is 0 Å². The standard InChI is InChI=1S/3C21H25N3.4CH4/c3*1-15-4-7-20-18(12-15)19-14-23(3)10-9-21(19)24(20)11-8-17-6-5-16(2)22-13-17;;;;/h3*4-7,12-13H,8-11,14H2,1-3H3;4*1H4/i11D2;8D2;2D3;;;;. The molecule has 0 radical (unpaired) electrons. The number of fused-ring (bicyclic) bond motifs is 9. The van der Waals surface area contributed by atoms with Crippen molar-refractivity contribution in [3.8, 4) is 0 Å². The molecule has 0 fully saturated rings. The van der Waals surface area contributed by atoms with Crippen LogP contribution in [0.3, 0.4) is 0 Å². The minimum Gasteiger partial charge on any atom is -0.344 e. The van der Waals surface area contributed by atoms with Crippen molar-refractivity contribution >= 4 is 32.7 Å². The van der Waals surface area contributed by atoms with Crippen LogP contribution in [0.4, 0.5) is 0 Å². The maximum absolute atomic E-state index is 8.89. The van der Waals surface area contributed by atoms with Crippen molar-refractivity contribution in [2.24, 2.45) is 0 Å². The Morgan fingerprint density at radius 2 is 0.829 bits per heavy atom. The van der Waals surface area contributed by atoms with Gasteiger partial charge in [0.2, 0.25) is 0 Å². The molecule has 9 nitrogen and oxygen atoms in total. The van der Waals surface area contributed by atoms with Crippen LogP contribution >= 0.6 is 0 Å². The highest BCUT2D eigenvalue weighted by molar-refractivity contribution is 5.88. The molecule has 12 rings (SSSR count). The number of rotatable bonds is 9. The summed E-state index contributed by atoms with van der Waals surface area (Å²) in [6.45, 7) is 13.7. The van der Waals surface area contributed by atoms with E-state index in [1.54, 1.807) is 24.7 Å². The molecule has 3 aromatic carbocycles. The van der Waals surface area contributed by atoms with E-state index in [0.717, 1.165) is 111 Å². The SMILES string of the molecule is C.C.C.C.[2H]C([2H])(Cc1ccc(C)nc1)n1c2c(c3cc(C)ccc31)CN(C)CC2.[2H]C([2H])(Cn1c2c(c3cc(C)ccc31)CN(C)CC2)c1ccc(C)nc1.[2H]C([2H])([2H])c1ccc(CCn2c3c(c4cc(C)ccc42)CN(C)CC3)cn1. The highest BCUT2D eigenvalue weighted by Crippen LogP contribution is 2.34. The topological polar surface area (TPSA) is 63.2 Å². The van der Waals surface area contributed by atoms with Crippen molar-refractivity contribution in [2.45, 2.75) is 149 Å². The van der Waals surface area contributed by atoms with Crippen LogP contribution in [0, 0.1) is 41.5 Å². The van der Waals surface area contributed by atoms with Crippen molar-refractivity contribution < 1.29 is 9.60 Å². The van der Waals surface area contributed by atoms with Crippen molar-refractivity contribution in [1.82, 2.24) is 43.4 Å². The summed E-state index contributed by atoms with van der Waals surface area (Å²) in [6.07, 6.45) is 7.78. The van der Waals surface area contributed by atoms with Crippen molar-refractivity contribution in [1.29, 1.82) is 0 Å². The molecule has 9 heteroatoms. The maximum Gasteiger partial charge on any atom is 0.0501 e. The summed E-state index contributed by atoms with van der Waals surface area (Å²) in [4.78, 5) is 19.8. The largest absolute Gasteiger partial charge is 0.344 e. The molecule has 9 heterocycles. The Kier molecular flexibility index (Phi) is 16.6. The molecule has 0 atom stereocenters. The molecular formula is C67H91N9. The van der Waals surface area contributed by atoms with E-state index in [4.69, 9.17) is 9.60 Å². The fourth-order valence-corrected chi connectivity index (χ4v) is 11.0. The second kappa shape index (κ2) is 25.6. The van der Waals surface area contributed by atoms with E-state index in [1.165, 1.54) is 66.4 Å². The Morgan fingerprint density at radius 3 is 1.25 bits per heavy atom. The van der Waals surface area contributed by atoms with Crippen LogP contribution in [-0.4, -0.2) is 84.1 Å². The molecule has 404 valence electrons. The fraction of sp³-hybridized carbons (Fsp3) is 0.418. The first-order valence-electron chi connectivity index (χ1n) is 29.2. The van der Waals surface area contributed by atoms with Crippen molar-refractivity contribution in [2.75, 3.05) is 40.8 Å². The molecule has 6 aromatic heterocycles. The number of pyridine rings is 3. The number of aromatic nitrogens is 6. The Bertz CT molecular complexity index is 3650. The zero-order valence-electron chi connectivity index (χ0n) is 50.6. The predicted octanol–water partition coefficient (Wildman–Crippen LogP) is 14.2. The summed E-state index contributed by atoms with van der Waals surface area (Å²) in [5.41, 5.74) is 19.8. The third-order valence-corrected chi connectivity index (χ3v) is 14.9. The zero-order chi connectivity index (χ0) is 56.1. The smallest absolute Gasteiger partial charge is 0.0501 e. The summed E-state index contributed by atoms with van der Waals surface area (Å²) in [7, 11) is 6.47. The zero-order valence-corrected chi connectivity index (χ0v) is 43.6. The summed E-state index contributed by atoms with van der Waals surface area (Å²) >= 11 is 0. The minimum atomic E-state index is -2.14. The molecule has 0 spiro atoms. The monoisotopic (exact) mass is 1030 g/mol. The van der Waals surface area contributed by atoms with E-state index >= 15 is 0 Å². The molecule has 0 N–H and O–H groups in total. The Labute approximate surface area is 467 Å². The lowest BCUT2D eigenvalue weighted by Crippen LogP contribution is -2.27. The van der Waals surface area contributed by atoms with Crippen LogP contribution in [-0.2, 0) is 77.7 Å². The molecule has 0 unspecified atom stereocenters. The molecule has 76 heavy (non-hydrogen) atoms. The van der Waals surface area contributed by atoms with Gasteiger partial charge in [0.05, 0.1) is 2.74 Å². The molecule has 0 aliphatic carbocycles. The average Bonchev–Trinajstić information content (AvgIpc) is 2.19. The Balaban J connectivity index is 0.000000195. The van der Waals surface area contributed by atoms with Crippen molar-refractivity contribution in [3.63, 3.8) is 0 Å². The second-order valence-electron chi connectivity index (χ2n) is 20.7. The van der Waals surface area contributed by atoms with E-state index in [-0.39, 0.29) is 35.4 Å². The normalized spacial score (nSPS) is 16.1. The number of hydrogen-bond donors (Lipinski definition) is 0. The van der Waals surface area contributed by atoms with Gasteiger partial charge in [-0.25, -0.2) is 0 Å². The lowest BCUT2D eigenvalue weighted by molar-refractivity contribution is 0.309. The average molecular weight is 1030 g/mol. The Morgan fingerprint density at radius 1 is 0.447 bits per heavy atom. The number of nitrogens with zero attached hydrogens (tertiary/aromatic N) is 9. The van der Waals surface area contributed by atoms with Gasteiger partial charge in [-0.1, -0.05) is 82.8 Å². The lowest BCUT2D eigenvalue weighted by atomic mass is 10.0. The van der Waals surface area contributed by atoms with Crippen LogP contribution in [0.1, 0.15) is 124 Å². The van der Waals surface area contributed by atoms with E-state index in [2.05, 4.69) is 135 Å². The molecule has 0 amide bonds. The molecular weight excluding hydrogens is 931 g/mol. The first kappa shape index (κ1) is 49.2. The summed E-state index contributed by atoms with van der Waals surface area (Å²) in [6, 6.07) is 30.8. The van der Waals surface area contributed by atoms with E-state index in [1.807, 2.05) is 48.7 Å². The molecule has 9 aromatic rings. The van der Waals surface area contributed by atoms with Crippen molar-refractivity contribution in [3.05, 3.63) is 194 Å². The van der Waals surface area contributed by atoms with E-state index < -0.39 is 19.7 Å². The summed E-state index contributed by atoms with van der Waals surface area (Å²) in [5.74, 6) is 0. The van der Waals surface area contributed by atoms with Gasteiger partial charge in [0.25, 0.3) is 0 Å². The van der Waals surface area contributed by atoms with Crippen LogP contribution in [0.15, 0.2) is 110 Å². The van der Waals surface area contributed by atoms with E-state index in [0.29, 0.717) is 18.5 Å². The first-order valence-corrected chi connectivity index (χ1v) is 25.7. The van der Waals surface area contributed by atoms with Gasteiger partial charge in [-0.05, 0) is 170 Å². The van der Waals surface area contributed by atoms with Gasteiger partial charge < -0.3 is 28.4 Å². The fourth-order valence-electron chi connectivity index (χ4n) is 11.0. The third kappa shape index (κ3) is 12.9. The maximum atomic E-state index is 8.89. The Hall–Kier alpha value is -6.39. The molecule has 3 aliphatic rings. The van der Waals surface area contributed by atoms with Gasteiger partial charge in [-0.15, -0.1) is 0 Å². The second-order valence-corrected chi connectivity index (χ2v) is 20.7. The van der Waals surface area contributed by atoms with Crippen LogP contribution in [0.25, 0.3) is 32.7 Å². The predicted molar refractivity (Wildman–Crippen MR) is 325 cm³/mol. The van der Waals surface area contributed by atoms with Crippen LogP contribution < -0.4 is 0 Å².